The highest BCUT2D eigenvalue weighted by molar-refractivity contribution is 7.90. The lowest BCUT2D eigenvalue weighted by Gasteiger charge is -2.30. The van der Waals surface area contributed by atoms with Crippen LogP contribution in [-0.2, 0) is 20.2 Å². The van der Waals surface area contributed by atoms with Gasteiger partial charge in [0.2, 0.25) is 5.91 Å². The predicted molar refractivity (Wildman–Crippen MR) is 52.6 cm³/mol. The van der Waals surface area contributed by atoms with Crippen LogP contribution in [0.3, 0.4) is 0 Å². The second kappa shape index (κ2) is 2.79. The van der Waals surface area contributed by atoms with Crippen molar-refractivity contribution in [2.75, 3.05) is 0 Å². The molecule has 0 aromatic carbocycles. The Bertz CT molecular complexity index is 534. The van der Waals surface area contributed by atoms with E-state index in [1.807, 2.05) is 4.72 Å². The van der Waals surface area contributed by atoms with Crippen molar-refractivity contribution >= 4 is 15.9 Å². The number of rotatable bonds is 0. The van der Waals surface area contributed by atoms with E-state index in [0.717, 1.165) is 0 Å². The normalized spacial score (nSPS) is 21.6. The van der Waals surface area contributed by atoms with E-state index in [1.54, 1.807) is 19.9 Å². The SMILES string of the molecule is CC1(C)C(=O)NS(=O)(=O)c2cnccc21. The van der Waals surface area contributed by atoms with Gasteiger partial charge in [0.15, 0.2) is 0 Å². The number of nitrogens with one attached hydrogen (secondary N) is 1. The quantitative estimate of drug-likeness (QED) is 0.684. The van der Waals surface area contributed by atoms with Crippen LogP contribution in [-0.4, -0.2) is 19.3 Å². The van der Waals surface area contributed by atoms with Crippen molar-refractivity contribution in [2.45, 2.75) is 24.2 Å². The summed E-state index contributed by atoms with van der Waals surface area (Å²) in [5.74, 6) is -0.513. The maximum absolute atomic E-state index is 11.6. The highest BCUT2D eigenvalue weighted by Gasteiger charge is 2.42. The van der Waals surface area contributed by atoms with E-state index in [2.05, 4.69) is 4.98 Å². The van der Waals surface area contributed by atoms with Gasteiger partial charge in [0.05, 0.1) is 5.41 Å². The Morgan fingerprint density at radius 3 is 2.73 bits per heavy atom. The number of sulfonamides is 1. The molecular formula is C9H10N2O3S. The Morgan fingerprint density at radius 2 is 2.07 bits per heavy atom. The first-order chi connectivity index (χ1) is 6.86. The molecular weight excluding hydrogens is 216 g/mol. The average Bonchev–Trinajstić information content (AvgIpc) is 2.15. The fourth-order valence-electron chi connectivity index (χ4n) is 1.54. The fraction of sp³-hybridized carbons (Fsp3) is 0.333. The molecule has 5 nitrogen and oxygen atoms in total. The van der Waals surface area contributed by atoms with E-state index < -0.39 is 21.3 Å². The van der Waals surface area contributed by atoms with Crippen LogP contribution in [0.5, 0.6) is 0 Å². The number of hydrogen-bond donors (Lipinski definition) is 1. The molecule has 6 heteroatoms. The first-order valence-corrected chi connectivity index (χ1v) is 5.86. The summed E-state index contributed by atoms with van der Waals surface area (Å²) in [5.41, 5.74) is -0.356. The topological polar surface area (TPSA) is 76.1 Å². The van der Waals surface area contributed by atoms with E-state index in [4.69, 9.17) is 0 Å². The van der Waals surface area contributed by atoms with Gasteiger partial charge in [-0.2, -0.15) is 0 Å². The van der Waals surface area contributed by atoms with Gasteiger partial charge in [0.1, 0.15) is 4.90 Å². The van der Waals surface area contributed by atoms with Gasteiger partial charge >= 0.3 is 0 Å². The molecule has 0 fully saturated rings. The molecule has 0 bridgehead atoms. The lowest BCUT2D eigenvalue weighted by Crippen LogP contribution is -2.48. The molecule has 0 aliphatic carbocycles. The number of hydrogen-bond acceptors (Lipinski definition) is 4. The summed E-state index contributed by atoms with van der Waals surface area (Å²) in [7, 11) is -3.72. The Hall–Kier alpha value is -1.43. The summed E-state index contributed by atoms with van der Waals surface area (Å²) < 4.78 is 25.2. The number of fused-ring (bicyclic) bond motifs is 1. The molecule has 0 spiro atoms. The molecule has 1 aliphatic rings. The smallest absolute Gasteiger partial charge is 0.265 e. The van der Waals surface area contributed by atoms with Crippen LogP contribution in [0.15, 0.2) is 23.4 Å². The molecule has 80 valence electrons. The Morgan fingerprint density at radius 1 is 1.40 bits per heavy atom. The van der Waals surface area contributed by atoms with E-state index in [1.165, 1.54) is 12.4 Å². The zero-order valence-electron chi connectivity index (χ0n) is 8.31. The highest BCUT2D eigenvalue weighted by Crippen LogP contribution is 2.32. The standard InChI is InChI=1S/C9H10N2O3S/c1-9(2)6-3-4-10-5-7(6)15(13,14)11-8(9)12/h3-5H,1-2H3,(H,11,12). The van der Waals surface area contributed by atoms with Crippen molar-refractivity contribution in [2.24, 2.45) is 0 Å². The summed E-state index contributed by atoms with van der Waals surface area (Å²) in [5, 5.41) is 0. The van der Waals surface area contributed by atoms with Crippen molar-refractivity contribution in [1.29, 1.82) is 0 Å². The summed E-state index contributed by atoms with van der Waals surface area (Å²) in [6.45, 7) is 3.35. The van der Waals surface area contributed by atoms with Crippen LogP contribution in [0, 0.1) is 0 Å². The second-order valence-corrected chi connectivity index (χ2v) is 5.58. The van der Waals surface area contributed by atoms with Crippen LogP contribution in [0.25, 0.3) is 0 Å². The van der Waals surface area contributed by atoms with E-state index in [9.17, 15) is 13.2 Å². The molecule has 1 aromatic rings. The molecule has 1 aliphatic heterocycles. The van der Waals surface area contributed by atoms with Crippen molar-refractivity contribution in [1.82, 2.24) is 9.71 Å². The molecule has 0 unspecified atom stereocenters. The molecule has 1 amide bonds. The lowest BCUT2D eigenvalue weighted by atomic mass is 9.84. The van der Waals surface area contributed by atoms with Crippen LogP contribution < -0.4 is 4.72 Å². The number of carbonyl (C=O) groups is 1. The van der Waals surface area contributed by atoms with Gasteiger partial charge < -0.3 is 0 Å². The molecule has 2 rings (SSSR count). The predicted octanol–water partition coefficient (Wildman–Crippen LogP) is 0.178. The zero-order valence-corrected chi connectivity index (χ0v) is 9.13. The maximum atomic E-state index is 11.6. The van der Waals surface area contributed by atoms with Crippen molar-refractivity contribution < 1.29 is 13.2 Å². The molecule has 1 N–H and O–H groups in total. The Balaban J connectivity index is 2.82. The minimum Gasteiger partial charge on any atom is -0.273 e. The molecule has 15 heavy (non-hydrogen) atoms. The van der Waals surface area contributed by atoms with Gasteiger partial charge in [-0.3, -0.25) is 9.78 Å². The molecule has 1 aromatic heterocycles. The van der Waals surface area contributed by atoms with E-state index in [0.29, 0.717) is 5.56 Å². The Kier molecular flexibility index (Phi) is 1.88. The number of pyridine rings is 1. The monoisotopic (exact) mass is 226 g/mol. The van der Waals surface area contributed by atoms with Crippen LogP contribution in [0.1, 0.15) is 19.4 Å². The number of nitrogens with zero attached hydrogens (tertiary/aromatic N) is 1. The second-order valence-electron chi connectivity index (χ2n) is 3.93. The zero-order chi connectivity index (χ0) is 11.3. The van der Waals surface area contributed by atoms with Gasteiger partial charge in [-0.15, -0.1) is 0 Å². The molecule has 2 heterocycles. The third kappa shape index (κ3) is 1.32. The third-order valence-corrected chi connectivity index (χ3v) is 3.90. The minimum atomic E-state index is -3.72. The highest BCUT2D eigenvalue weighted by atomic mass is 32.2. The van der Waals surface area contributed by atoms with Crippen LogP contribution in [0.2, 0.25) is 0 Å². The molecule has 0 saturated carbocycles. The maximum Gasteiger partial charge on any atom is 0.265 e. The van der Waals surface area contributed by atoms with Crippen molar-refractivity contribution in [3.05, 3.63) is 24.0 Å². The van der Waals surface area contributed by atoms with Gasteiger partial charge in [0.25, 0.3) is 10.0 Å². The number of aromatic nitrogens is 1. The van der Waals surface area contributed by atoms with E-state index in [-0.39, 0.29) is 4.90 Å². The van der Waals surface area contributed by atoms with Gasteiger partial charge in [0, 0.05) is 12.4 Å². The fourth-order valence-corrected chi connectivity index (χ4v) is 2.96. The summed E-state index contributed by atoms with van der Waals surface area (Å²) in [6.07, 6.45) is 2.74. The summed E-state index contributed by atoms with van der Waals surface area (Å²) in [4.78, 5) is 15.4. The lowest BCUT2D eigenvalue weighted by molar-refractivity contribution is -0.124. The van der Waals surface area contributed by atoms with Crippen LogP contribution >= 0.6 is 0 Å². The number of carbonyl (C=O) groups excluding carboxylic acids is 1. The first-order valence-electron chi connectivity index (χ1n) is 4.37. The van der Waals surface area contributed by atoms with Gasteiger partial charge in [-0.1, -0.05) is 0 Å². The first kappa shape index (κ1) is 10.1. The summed E-state index contributed by atoms with van der Waals surface area (Å²) >= 11 is 0. The van der Waals surface area contributed by atoms with Gasteiger partial charge in [-0.25, -0.2) is 13.1 Å². The van der Waals surface area contributed by atoms with Crippen LogP contribution in [0.4, 0.5) is 0 Å². The van der Waals surface area contributed by atoms with Gasteiger partial charge in [-0.05, 0) is 25.5 Å². The minimum absolute atomic E-state index is 0.0783. The largest absolute Gasteiger partial charge is 0.273 e. The molecule has 0 atom stereocenters. The van der Waals surface area contributed by atoms with Crippen molar-refractivity contribution in [3.8, 4) is 0 Å². The summed E-state index contributed by atoms with van der Waals surface area (Å²) in [6, 6.07) is 1.56. The molecule has 0 saturated heterocycles. The average molecular weight is 226 g/mol. The molecule has 0 radical (unpaired) electrons. The Labute approximate surface area is 87.6 Å². The number of amides is 1. The van der Waals surface area contributed by atoms with E-state index >= 15 is 0 Å². The third-order valence-electron chi connectivity index (χ3n) is 2.54. The van der Waals surface area contributed by atoms with Crippen molar-refractivity contribution in [3.63, 3.8) is 0 Å².